The van der Waals surface area contributed by atoms with E-state index in [4.69, 9.17) is 14.6 Å². The lowest BCUT2D eigenvalue weighted by atomic mass is 9.77. The number of benzene rings is 2. The number of aliphatic carboxylic acids is 1. The molecule has 0 radical (unpaired) electrons. The molecule has 1 fully saturated rings. The van der Waals surface area contributed by atoms with Crippen LogP contribution in [0, 0.1) is 0 Å². The minimum atomic E-state index is -1.01. The Kier molecular flexibility index (Phi) is 6.42. The van der Waals surface area contributed by atoms with Crippen molar-refractivity contribution in [2.75, 3.05) is 20.8 Å². The van der Waals surface area contributed by atoms with Crippen LogP contribution in [0.3, 0.4) is 0 Å². The summed E-state index contributed by atoms with van der Waals surface area (Å²) in [5.41, 5.74) is 1.53. The van der Waals surface area contributed by atoms with E-state index in [0.717, 1.165) is 42.6 Å². The lowest BCUT2D eigenvalue weighted by Crippen LogP contribution is -2.43. The van der Waals surface area contributed by atoms with Gasteiger partial charge in [0.15, 0.2) is 6.61 Å². The van der Waals surface area contributed by atoms with E-state index in [-0.39, 0.29) is 12.5 Å². The number of hydrogen-bond acceptors (Lipinski definition) is 4. The van der Waals surface area contributed by atoms with E-state index >= 15 is 0 Å². The molecule has 0 atom stereocenters. The van der Waals surface area contributed by atoms with Crippen LogP contribution in [0.4, 0.5) is 0 Å². The second-order valence-corrected chi connectivity index (χ2v) is 7.51. The third-order valence-corrected chi connectivity index (χ3v) is 5.56. The van der Waals surface area contributed by atoms with Crippen LogP contribution >= 0.6 is 0 Å². The van der Waals surface area contributed by atoms with Crippen LogP contribution in [-0.2, 0) is 21.5 Å². The Hall–Kier alpha value is -3.02. The Morgan fingerprint density at radius 2 is 1.59 bits per heavy atom. The number of carbonyl (C=O) groups is 2. The summed E-state index contributed by atoms with van der Waals surface area (Å²) in [6.07, 6.45) is 3.79. The molecule has 6 heteroatoms. The number of hydrogen-bond donors (Lipinski definition) is 1. The highest BCUT2D eigenvalue weighted by molar-refractivity contribution is 5.88. The zero-order chi connectivity index (χ0) is 20.9. The summed E-state index contributed by atoms with van der Waals surface area (Å²) in [7, 11) is 3.47. The van der Waals surface area contributed by atoms with Crippen molar-refractivity contribution in [3.8, 4) is 11.5 Å². The van der Waals surface area contributed by atoms with Crippen molar-refractivity contribution in [1.29, 1.82) is 0 Å². The third-order valence-electron chi connectivity index (χ3n) is 5.56. The number of methoxy groups -OCH3 is 1. The van der Waals surface area contributed by atoms with Gasteiger partial charge in [0.05, 0.1) is 12.5 Å². The predicted octanol–water partition coefficient (Wildman–Crippen LogP) is 3.63. The summed E-state index contributed by atoms with van der Waals surface area (Å²) in [4.78, 5) is 25.8. The number of nitrogens with zero attached hydrogens (tertiary/aromatic N) is 1. The zero-order valence-corrected chi connectivity index (χ0v) is 16.9. The summed E-state index contributed by atoms with van der Waals surface area (Å²) < 4.78 is 10.4. The average molecular weight is 397 g/mol. The second-order valence-electron chi connectivity index (χ2n) is 7.51. The average Bonchev–Trinajstić information content (AvgIpc) is 3.23. The van der Waals surface area contributed by atoms with E-state index in [9.17, 15) is 9.59 Å². The highest BCUT2D eigenvalue weighted by atomic mass is 16.5. The Balaban J connectivity index is 1.72. The van der Waals surface area contributed by atoms with Crippen LogP contribution in [0.25, 0.3) is 0 Å². The van der Waals surface area contributed by atoms with Crippen LogP contribution in [0.15, 0.2) is 48.5 Å². The van der Waals surface area contributed by atoms with E-state index in [1.807, 2.05) is 43.4 Å². The molecular weight excluding hydrogens is 370 g/mol. The molecule has 0 unspecified atom stereocenters. The lowest BCUT2D eigenvalue weighted by Gasteiger charge is -2.33. The van der Waals surface area contributed by atoms with Gasteiger partial charge >= 0.3 is 5.97 Å². The Bertz CT molecular complexity index is 839. The van der Waals surface area contributed by atoms with Gasteiger partial charge in [-0.3, -0.25) is 4.79 Å². The van der Waals surface area contributed by atoms with E-state index in [1.165, 1.54) is 0 Å². The number of rotatable bonds is 8. The van der Waals surface area contributed by atoms with Gasteiger partial charge in [-0.15, -0.1) is 0 Å². The monoisotopic (exact) mass is 397 g/mol. The zero-order valence-electron chi connectivity index (χ0n) is 16.9. The molecule has 1 aliphatic carbocycles. The third kappa shape index (κ3) is 4.70. The van der Waals surface area contributed by atoms with Crippen LogP contribution < -0.4 is 9.47 Å². The molecule has 0 aliphatic heterocycles. The summed E-state index contributed by atoms with van der Waals surface area (Å²) in [5, 5.41) is 8.68. The van der Waals surface area contributed by atoms with Gasteiger partial charge in [0.25, 0.3) is 0 Å². The van der Waals surface area contributed by atoms with Crippen molar-refractivity contribution in [3.05, 3.63) is 59.7 Å². The molecule has 1 aliphatic rings. The van der Waals surface area contributed by atoms with E-state index in [1.54, 1.807) is 24.1 Å². The van der Waals surface area contributed by atoms with E-state index in [0.29, 0.717) is 12.3 Å². The van der Waals surface area contributed by atoms with Gasteiger partial charge in [-0.25, -0.2) is 4.79 Å². The van der Waals surface area contributed by atoms with Crippen molar-refractivity contribution in [1.82, 2.24) is 4.90 Å². The van der Waals surface area contributed by atoms with Gasteiger partial charge in [0, 0.05) is 13.6 Å². The molecule has 6 nitrogen and oxygen atoms in total. The first kappa shape index (κ1) is 20.7. The quantitative estimate of drug-likeness (QED) is 0.736. The van der Waals surface area contributed by atoms with E-state index < -0.39 is 11.4 Å². The van der Waals surface area contributed by atoms with Crippen molar-refractivity contribution < 1.29 is 24.2 Å². The maximum atomic E-state index is 13.5. The largest absolute Gasteiger partial charge is 0.497 e. The van der Waals surface area contributed by atoms with Crippen LogP contribution in [0.2, 0.25) is 0 Å². The maximum Gasteiger partial charge on any atom is 0.341 e. The van der Waals surface area contributed by atoms with Crippen molar-refractivity contribution in [3.63, 3.8) is 0 Å². The van der Waals surface area contributed by atoms with Gasteiger partial charge in [0.1, 0.15) is 11.5 Å². The fourth-order valence-electron chi connectivity index (χ4n) is 4.06. The normalized spacial score (nSPS) is 15.0. The van der Waals surface area contributed by atoms with Crippen molar-refractivity contribution >= 4 is 11.9 Å². The molecule has 0 aromatic heterocycles. The molecule has 0 saturated heterocycles. The molecule has 0 spiro atoms. The van der Waals surface area contributed by atoms with Crippen molar-refractivity contribution in [2.24, 2.45) is 0 Å². The SMILES string of the molecule is COc1ccc(C2(C(=O)N(C)Cc3ccc(OCC(=O)O)cc3)CCCC2)cc1. The van der Waals surface area contributed by atoms with Crippen LogP contribution in [0.1, 0.15) is 36.8 Å². The highest BCUT2D eigenvalue weighted by Gasteiger charge is 2.44. The van der Waals surface area contributed by atoms with Gasteiger partial charge in [-0.2, -0.15) is 0 Å². The number of carboxylic acid groups (broad SMARTS) is 1. The smallest absolute Gasteiger partial charge is 0.341 e. The van der Waals surface area contributed by atoms with Gasteiger partial charge < -0.3 is 19.5 Å². The Morgan fingerprint density at radius 3 is 2.14 bits per heavy atom. The summed E-state index contributed by atoms with van der Waals surface area (Å²) in [5.74, 6) is 0.398. The first-order valence-electron chi connectivity index (χ1n) is 9.78. The summed E-state index contributed by atoms with van der Waals surface area (Å²) in [6.45, 7) is 0.109. The van der Waals surface area contributed by atoms with Crippen LogP contribution in [-0.4, -0.2) is 42.6 Å². The molecule has 3 rings (SSSR count). The standard InChI is InChI=1S/C23H27NO5/c1-24(15-17-5-9-20(10-6-17)29-16-21(25)26)22(27)23(13-3-4-14-23)18-7-11-19(28-2)12-8-18/h5-12H,3-4,13-16H2,1-2H3,(H,25,26). The molecular formula is C23H27NO5. The van der Waals surface area contributed by atoms with Crippen LogP contribution in [0.5, 0.6) is 11.5 Å². The number of carbonyl (C=O) groups excluding carboxylic acids is 1. The molecule has 2 aromatic carbocycles. The molecule has 1 N–H and O–H groups in total. The van der Waals surface area contributed by atoms with Gasteiger partial charge in [0.2, 0.25) is 5.91 Å². The topological polar surface area (TPSA) is 76.1 Å². The fraction of sp³-hybridized carbons (Fsp3) is 0.391. The summed E-state index contributed by atoms with van der Waals surface area (Å²) >= 11 is 0. The van der Waals surface area contributed by atoms with Gasteiger partial charge in [-0.05, 0) is 48.2 Å². The lowest BCUT2D eigenvalue weighted by molar-refractivity contribution is -0.139. The first-order chi connectivity index (χ1) is 13.9. The number of likely N-dealkylation sites (N-methyl/N-ethyl adjacent to an activating group) is 1. The molecule has 0 bridgehead atoms. The van der Waals surface area contributed by atoms with Crippen molar-refractivity contribution in [2.45, 2.75) is 37.6 Å². The first-order valence-corrected chi connectivity index (χ1v) is 9.78. The maximum absolute atomic E-state index is 13.5. The minimum Gasteiger partial charge on any atom is -0.497 e. The molecule has 0 heterocycles. The molecule has 1 saturated carbocycles. The molecule has 154 valence electrons. The Morgan fingerprint density at radius 1 is 1.00 bits per heavy atom. The summed E-state index contributed by atoms with van der Waals surface area (Å²) in [6, 6.07) is 15.0. The minimum absolute atomic E-state index is 0.131. The predicted molar refractivity (Wildman–Crippen MR) is 109 cm³/mol. The molecule has 2 aromatic rings. The highest BCUT2D eigenvalue weighted by Crippen LogP contribution is 2.43. The molecule has 1 amide bonds. The fourth-order valence-corrected chi connectivity index (χ4v) is 4.06. The number of ether oxygens (including phenoxy) is 2. The molecule has 29 heavy (non-hydrogen) atoms. The number of carboxylic acids is 1. The van der Waals surface area contributed by atoms with Gasteiger partial charge in [-0.1, -0.05) is 37.1 Å². The second kappa shape index (κ2) is 8.99. The van der Waals surface area contributed by atoms with E-state index in [2.05, 4.69) is 0 Å². The number of amides is 1. The Labute approximate surface area is 171 Å².